The van der Waals surface area contributed by atoms with Crippen LogP contribution in [0.15, 0.2) is 41.2 Å². The van der Waals surface area contributed by atoms with Crippen LogP contribution in [0, 0.1) is 0 Å². The summed E-state index contributed by atoms with van der Waals surface area (Å²) >= 11 is 0. The second-order valence-corrected chi connectivity index (χ2v) is 7.74. The molecule has 0 saturated heterocycles. The van der Waals surface area contributed by atoms with E-state index in [0.717, 1.165) is 0 Å². The van der Waals surface area contributed by atoms with Gasteiger partial charge in [0, 0.05) is 29.9 Å². The Morgan fingerprint density at radius 2 is 1.61 bits per heavy atom. The number of nitrogens with zero attached hydrogens (tertiary/aromatic N) is 1. The van der Waals surface area contributed by atoms with Crippen LogP contribution in [0.5, 0.6) is 23.0 Å². The molecule has 1 aromatic heterocycles. The molecule has 2 aromatic carbocycles. The molecule has 0 spiro atoms. The Morgan fingerprint density at radius 1 is 0.944 bits per heavy atom. The second kappa shape index (κ2) is 10.3. The van der Waals surface area contributed by atoms with E-state index in [-0.39, 0.29) is 23.8 Å². The van der Waals surface area contributed by atoms with Gasteiger partial charge in [0.2, 0.25) is 23.5 Å². The van der Waals surface area contributed by atoms with Crippen LogP contribution in [-0.2, 0) is 9.59 Å². The topological polar surface area (TPSA) is 153 Å². The van der Waals surface area contributed by atoms with Gasteiger partial charge in [0.15, 0.2) is 11.5 Å². The van der Waals surface area contributed by atoms with Crippen molar-refractivity contribution in [1.82, 2.24) is 9.97 Å². The Hall–Kier alpha value is -4.74. The normalized spacial score (nSPS) is 14.2. The summed E-state index contributed by atoms with van der Waals surface area (Å²) in [7, 11) is 5.93. The van der Waals surface area contributed by atoms with E-state index in [1.54, 1.807) is 43.5 Å². The molecule has 1 atom stereocenters. The smallest absolute Gasteiger partial charge is 0.258 e. The number of fused-ring (bicyclic) bond motifs is 1. The zero-order chi connectivity index (χ0) is 25.8. The van der Waals surface area contributed by atoms with Gasteiger partial charge in [0.1, 0.15) is 11.6 Å². The van der Waals surface area contributed by atoms with Gasteiger partial charge >= 0.3 is 0 Å². The highest BCUT2D eigenvalue weighted by Gasteiger charge is 2.35. The van der Waals surface area contributed by atoms with Gasteiger partial charge in [-0.1, -0.05) is 0 Å². The maximum Gasteiger partial charge on any atom is 0.258 e. The first kappa shape index (κ1) is 24.4. The standard InChI is InChI=1S/C24H25N5O7/c1-33-14-7-5-12(6-8-14)26-24-28-21-19(23(32)29-24)15(11-18(30)27-21)22(31)25-13-9-16(34-2)20(36-4)17(10-13)35-3/h5-10,15H,11H2,1-4H3,(H,25,31)(H3,26,27,28,29,30,32). The summed E-state index contributed by atoms with van der Waals surface area (Å²) in [6, 6.07) is 10.1. The summed E-state index contributed by atoms with van der Waals surface area (Å²) in [5.74, 6) is -0.265. The van der Waals surface area contributed by atoms with Gasteiger partial charge in [-0.2, -0.15) is 4.98 Å². The highest BCUT2D eigenvalue weighted by molar-refractivity contribution is 6.04. The van der Waals surface area contributed by atoms with E-state index in [0.29, 0.717) is 34.4 Å². The van der Waals surface area contributed by atoms with Crippen molar-refractivity contribution in [2.45, 2.75) is 12.3 Å². The van der Waals surface area contributed by atoms with Gasteiger partial charge in [-0.15, -0.1) is 0 Å². The van der Waals surface area contributed by atoms with E-state index < -0.39 is 23.3 Å². The maximum absolute atomic E-state index is 13.2. The molecular weight excluding hydrogens is 470 g/mol. The number of anilines is 4. The van der Waals surface area contributed by atoms with Crippen molar-refractivity contribution in [2.24, 2.45) is 0 Å². The third-order valence-electron chi connectivity index (χ3n) is 5.55. The van der Waals surface area contributed by atoms with E-state index in [1.807, 2.05) is 0 Å². The molecule has 2 amide bonds. The zero-order valence-corrected chi connectivity index (χ0v) is 20.1. The van der Waals surface area contributed by atoms with E-state index in [4.69, 9.17) is 18.9 Å². The highest BCUT2D eigenvalue weighted by atomic mass is 16.5. The Bertz CT molecular complexity index is 1330. The molecule has 1 unspecified atom stereocenters. The molecule has 0 aliphatic carbocycles. The Kier molecular flexibility index (Phi) is 6.95. The summed E-state index contributed by atoms with van der Waals surface area (Å²) in [6.07, 6.45) is -0.223. The van der Waals surface area contributed by atoms with E-state index >= 15 is 0 Å². The van der Waals surface area contributed by atoms with Gasteiger partial charge in [0.05, 0.1) is 39.9 Å². The molecule has 4 rings (SSSR count). The molecule has 0 bridgehead atoms. The number of rotatable bonds is 8. The number of ether oxygens (including phenoxy) is 4. The molecule has 0 saturated carbocycles. The van der Waals surface area contributed by atoms with Crippen molar-refractivity contribution < 1.29 is 28.5 Å². The summed E-state index contributed by atoms with van der Waals surface area (Å²) in [5, 5.41) is 8.27. The SMILES string of the molecule is COc1ccc(Nc2nc3c(c(=O)[nH]2)C(C(=O)Nc2cc(OC)c(OC)c(OC)c2)CC(=O)N3)cc1. The van der Waals surface area contributed by atoms with Gasteiger partial charge in [-0.05, 0) is 24.3 Å². The Morgan fingerprint density at radius 3 is 2.19 bits per heavy atom. The fraction of sp³-hybridized carbons (Fsp3) is 0.250. The van der Waals surface area contributed by atoms with Crippen LogP contribution >= 0.6 is 0 Å². The van der Waals surface area contributed by atoms with Crippen molar-refractivity contribution in [3.8, 4) is 23.0 Å². The fourth-order valence-corrected chi connectivity index (χ4v) is 3.85. The summed E-state index contributed by atoms with van der Waals surface area (Å²) in [4.78, 5) is 45.5. The minimum Gasteiger partial charge on any atom is -0.497 e. The first-order valence-electron chi connectivity index (χ1n) is 10.8. The second-order valence-electron chi connectivity index (χ2n) is 7.74. The Balaban J connectivity index is 1.62. The number of carbonyl (C=O) groups excluding carboxylic acids is 2. The lowest BCUT2D eigenvalue weighted by Crippen LogP contribution is -2.36. The van der Waals surface area contributed by atoms with Crippen molar-refractivity contribution in [1.29, 1.82) is 0 Å². The van der Waals surface area contributed by atoms with Crippen LogP contribution < -0.4 is 40.5 Å². The van der Waals surface area contributed by atoms with Crippen LogP contribution in [0.4, 0.5) is 23.1 Å². The van der Waals surface area contributed by atoms with Gasteiger partial charge < -0.3 is 34.9 Å². The predicted molar refractivity (Wildman–Crippen MR) is 132 cm³/mol. The summed E-state index contributed by atoms with van der Waals surface area (Å²) in [5.41, 5.74) is 0.475. The number of hydrogen-bond donors (Lipinski definition) is 4. The number of amides is 2. The summed E-state index contributed by atoms with van der Waals surface area (Å²) in [6.45, 7) is 0. The van der Waals surface area contributed by atoms with Crippen molar-refractivity contribution in [2.75, 3.05) is 44.4 Å². The number of carbonyl (C=O) groups is 2. The molecule has 0 radical (unpaired) electrons. The number of aromatic nitrogens is 2. The minimum absolute atomic E-state index is 0.0102. The monoisotopic (exact) mass is 495 g/mol. The zero-order valence-electron chi connectivity index (χ0n) is 20.1. The fourth-order valence-electron chi connectivity index (χ4n) is 3.85. The lowest BCUT2D eigenvalue weighted by atomic mass is 9.92. The molecular formula is C24H25N5O7. The average molecular weight is 495 g/mol. The quantitative estimate of drug-likeness (QED) is 0.369. The minimum atomic E-state index is -1.07. The van der Waals surface area contributed by atoms with Crippen molar-refractivity contribution in [3.63, 3.8) is 0 Å². The number of hydrogen-bond acceptors (Lipinski definition) is 9. The third kappa shape index (κ3) is 4.87. The van der Waals surface area contributed by atoms with Crippen molar-refractivity contribution in [3.05, 3.63) is 52.3 Å². The average Bonchev–Trinajstić information content (AvgIpc) is 2.87. The third-order valence-corrected chi connectivity index (χ3v) is 5.55. The number of H-pyrrole nitrogens is 1. The van der Waals surface area contributed by atoms with Crippen LogP contribution in [-0.4, -0.2) is 50.2 Å². The highest BCUT2D eigenvalue weighted by Crippen LogP contribution is 2.40. The number of aromatic amines is 1. The first-order chi connectivity index (χ1) is 17.4. The molecule has 0 fully saturated rings. The number of methoxy groups -OCH3 is 4. The van der Waals surface area contributed by atoms with E-state index in [9.17, 15) is 14.4 Å². The van der Waals surface area contributed by atoms with Gasteiger partial charge in [-0.3, -0.25) is 19.4 Å². The molecule has 1 aliphatic rings. The molecule has 188 valence electrons. The molecule has 4 N–H and O–H groups in total. The molecule has 1 aliphatic heterocycles. The van der Waals surface area contributed by atoms with Crippen LogP contribution in [0.1, 0.15) is 17.9 Å². The first-order valence-corrected chi connectivity index (χ1v) is 10.8. The van der Waals surface area contributed by atoms with Crippen LogP contribution in [0.2, 0.25) is 0 Å². The lowest BCUT2D eigenvalue weighted by Gasteiger charge is -2.24. The maximum atomic E-state index is 13.2. The van der Waals surface area contributed by atoms with Crippen LogP contribution in [0.25, 0.3) is 0 Å². The predicted octanol–water partition coefficient (Wildman–Crippen LogP) is 2.61. The molecule has 12 heteroatoms. The van der Waals surface area contributed by atoms with Gasteiger partial charge in [-0.25, -0.2) is 0 Å². The molecule has 3 aromatic rings. The molecule has 12 nitrogen and oxygen atoms in total. The number of nitrogens with one attached hydrogen (secondary N) is 4. The van der Waals surface area contributed by atoms with Crippen molar-refractivity contribution >= 4 is 35.0 Å². The van der Waals surface area contributed by atoms with Crippen LogP contribution in [0.3, 0.4) is 0 Å². The van der Waals surface area contributed by atoms with Gasteiger partial charge in [0.25, 0.3) is 5.56 Å². The molecule has 2 heterocycles. The largest absolute Gasteiger partial charge is 0.497 e. The Labute approximate surface area is 205 Å². The van der Waals surface area contributed by atoms with E-state index in [1.165, 1.54) is 21.3 Å². The molecule has 36 heavy (non-hydrogen) atoms. The number of benzene rings is 2. The lowest BCUT2D eigenvalue weighted by molar-refractivity contribution is -0.123. The van der Waals surface area contributed by atoms with E-state index in [2.05, 4.69) is 25.9 Å². The summed E-state index contributed by atoms with van der Waals surface area (Å²) < 4.78 is 21.1.